The summed E-state index contributed by atoms with van der Waals surface area (Å²) in [6.45, 7) is 5.37. The van der Waals surface area contributed by atoms with Crippen LogP contribution in [0, 0.1) is 5.82 Å². The van der Waals surface area contributed by atoms with Crippen LogP contribution in [0.5, 0.6) is 23.4 Å². The third kappa shape index (κ3) is 9.89. The van der Waals surface area contributed by atoms with Crippen LogP contribution >= 0.6 is 11.6 Å². The molecule has 58 heavy (non-hydrogen) atoms. The number of hydrogen-bond donors (Lipinski definition) is 0. The quantitative estimate of drug-likeness (QED) is 0.103. The maximum Gasteiger partial charge on any atom is 0.322 e. The van der Waals surface area contributed by atoms with E-state index in [2.05, 4.69) is 40.6 Å². The Labute approximate surface area is 337 Å². The van der Waals surface area contributed by atoms with Crippen LogP contribution in [0.1, 0.15) is 13.8 Å². The second-order valence-electron chi connectivity index (χ2n) is 12.1. The van der Waals surface area contributed by atoms with Crippen LogP contribution in [0.15, 0.2) is 134 Å². The van der Waals surface area contributed by atoms with Gasteiger partial charge in [-0.05, 0) is 80.6 Å². The number of benzene rings is 4. The van der Waals surface area contributed by atoms with Gasteiger partial charge in [-0.3, -0.25) is 0 Å². The lowest BCUT2D eigenvalue weighted by molar-refractivity contribution is 0.0789. The Morgan fingerprint density at radius 3 is 1.74 bits per heavy atom. The van der Waals surface area contributed by atoms with E-state index >= 15 is 0 Å². The van der Waals surface area contributed by atoms with E-state index < -0.39 is 0 Å². The van der Waals surface area contributed by atoms with Crippen LogP contribution in [-0.2, 0) is 22.9 Å². The number of aromatic nitrogens is 10. The van der Waals surface area contributed by atoms with Crippen LogP contribution in [0.2, 0.25) is 5.02 Å². The predicted octanol–water partition coefficient (Wildman–Crippen LogP) is 9.17. The Hall–Kier alpha value is -6.94. The highest BCUT2D eigenvalue weighted by Crippen LogP contribution is 2.33. The van der Waals surface area contributed by atoms with Crippen molar-refractivity contribution in [1.82, 2.24) is 49.9 Å². The molecular weight excluding hydrogens is 763 g/mol. The summed E-state index contributed by atoms with van der Waals surface area (Å²) in [5, 5.41) is 17.7. The van der Waals surface area contributed by atoms with Gasteiger partial charge in [-0.15, -0.1) is 10.2 Å². The first kappa shape index (κ1) is 39.3. The molecule has 16 heteroatoms. The van der Waals surface area contributed by atoms with Crippen LogP contribution in [0.4, 0.5) is 4.39 Å². The van der Waals surface area contributed by atoms with Gasteiger partial charge in [-0.2, -0.15) is 4.98 Å². The molecule has 0 spiro atoms. The molecule has 0 saturated carbocycles. The fraction of sp³-hybridized carbons (Fsp3) is 0.143. The molecule has 0 N–H and O–H groups in total. The summed E-state index contributed by atoms with van der Waals surface area (Å²) < 4.78 is 39.3. The molecule has 8 rings (SSSR count). The first-order chi connectivity index (χ1) is 28.5. The topological polar surface area (TPSA) is 150 Å². The Kier molecular flexibility index (Phi) is 13.1. The Balaban J connectivity index is 0.000000177. The molecule has 0 aliphatic carbocycles. The highest BCUT2D eigenvalue weighted by atomic mass is 35.5. The van der Waals surface area contributed by atoms with Crippen molar-refractivity contribution in [2.45, 2.75) is 27.3 Å². The summed E-state index contributed by atoms with van der Waals surface area (Å²) >= 11 is 6.03. The van der Waals surface area contributed by atoms with Gasteiger partial charge in [0.1, 0.15) is 59.9 Å². The zero-order chi connectivity index (χ0) is 40.1. The van der Waals surface area contributed by atoms with E-state index in [1.807, 2.05) is 98.8 Å². The van der Waals surface area contributed by atoms with E-state index in [4.69, 9.17) is 30.5 Å². The van der Waals surface area contributed by atoms with Crippen molar-refractivity contribution >= 4 is 11.6 Å². The Bertz CT molecular complexity index is 2350. The number of para-hydroxylation sites is 2. The number of rotatable bonds is 14. The van der Waals surface area contributed by atoms with Crippen molar-refractivity contribution in [2.24, 2.45) is 0 Å². The zero-order valence-corrected chi connectivity index (χ0v) is 32.1. The highest BCUT2D eigenvalue weighted by molar-refractivity contribution is 6.30. The standard InChI is InChI=1S/C21H18ClN5O2.C21H18FN5O2/c1-2-28-14-27-20(19(25-26-27)15-8-10-16(22)11-9-15)18-12-13-23-21(24-18)29-17-6-4-3-5-7-17;1-2-28-14-27-21(20(25-26-27)15-8-10-16(22)11-9-15)18-12-19(24-13-23-18)29-17-6-4-3-5-7-17/h2*3-13H,2,14H2,1H3. The van der Waals surface area contributed by atoms with Crippen LogP contribution in [0.3, 0.4) is 0 Å². The van der Waals surface area contributed by atoms with Gasteiger partial charge in [-0.1, -0.05) is 70.6 Å². The van der Waals surface area contributed by atoms with Gasteiger partial charge < -0.3 is 18.9 Å². The molecule has 0 aliphatic heterocycles. The summed E-state index contributed by atoms with van der Waals surface area (Å²) in [5.41, 5.74) is 5.35. The first-order valence-corrected chi connectivity index (χ1v) is 18.5. The average molecular weight is 799 g/mol. The lowest BCUT2D eigenvalue weighted by Gasteiger charge is -2.09. The molecule has 0 unspecified atom stereocenters. The lowest BCUT2D eigenvalue weighted by Crippen LogP contribution is -2.07. The third-order valence-electron chi connectivity index (χ3n) is 8.22. The maximum atomic E-state index is 13.4. The Morgan fingerprint density at radius 2 is 1.16 bits per heavy atom. The second-order valence-corrected chi connectivity index (χ2v) is 12.6. The van der Waals surface area contributed by atoms with Gasteiger partial charge in [0.15, 0.2) is 0 Å². The van der Waals surface area contributed by atoms with Crippen molar-refractivity contribution in [1.29, 1.82) is 0 Å². The summed E-state index contributed by atoms with van der Waals surface area (Å²) in [6.07, 6.45) is 3.06. The fourth-order valence-corrected chi connectivity index (χ4v) is 5.65. The lowest BCUT2D eigenvalue weighted by atomic mass is 10.1. The third-order valence-corrected chi connectivity index (χ3v) is 8.47. The molecular formula is C42H36ClFN10O4. The first-order valence-electron chi connectivity index (χ1n) is 18.1. The second kappa shape index (κ2) is 19.3. The maximum absolute atomic E-state index is 13.4. The van der Waals surface area contributed by atoms with Crippen molar-refractivity contribution < 1.29 is 23.3 Å². The summed E-state index contributed by atoms with van der Waals surface area (Å²) in [5.74, 6) is 1.38. The minimum atomic E-state index is -0.322. The summed E-state index contributed by atoms with van der Waals surface area (Å²) in [7, 11) is 0. The van der Waals surface area contributed by atoms with Gasteiger partial charge >= 0.3 is 6.01 Å². The smallest absolute Gasteiger partial charge is 0.322 e. The monoisotopic (exact) mass is 798 g/mol. The van der Waals surface area contributed by atoms with E-state index in [1.165, 1.54) is 18.5 Å². The van der Waals surface area contributed by atoms with Gasteiger partial charge in [-0.25, -0.2) is 28.7 Å². The molecule has 8 aromatic rings. The molecule has 0 radical (unpaired) electrons. The number of nitrogens with zero attached hydrogens (tertiary/aromatic N) is 10. The molecule has 0 amide bonds. The predicted molar refractivity (Wildman–Crippen MR) is 214 cm³/mol. The number of hydrogen-bond acceptors (Lipinski definition) is 12. The minimum Gasteiger partial charge on any atom is -0.439 e. The summed E-state index contributed by atoms with van der Waals surface area (Å²) in [6, 6.07) is 35.9. The molecule has 0 atom stereocenters. The van der Waals surface area contributed by atoms with Gasteiger partial charge in [0.25, 0.3) is 0 Å². The normalized spacial score (nSPS) is 10.8. The van der Waals surface area contributed by atoms with E-state index in [-0.39, 0.29) is 25.3 Å². The zero-order valence-electron chi connectivity index (χ0n) is 31.4. The average Bonchev–Trinajstić information content (AvgIpc) is 3.89. The van der Waals surface area contributed by atoms with E-state index in [1.54, 1.807) is 39.8 Å². The van der Waals surface area contributed by atoms with Crippen LogP contribution in [0.25, 0.3) is 45.3 Å². The number of halogens is 2. The molecule has 0 bridgehead atoms. The number of ether oxygens (including phenoxy) is 4. The molecule has 292 valence electrons. The van der Waals surface area contributed by atoms with Crippen LogP contribution < -0.4 is 9.47 Å². The molecule has 0 aliphatic rings. The van der Waals surface area contributed by atoms with E-state index in [9.17, 15) is 4.39 Å². The fourth-order valence-electron chi connectivity index (χ4n) is 5.52. The van der Waals surface area contributed by atoms with E-state index in [0.717, 1.165) is 5.56 Å². The van der Waals surface area contributed by atoms with E-state index in [0.29, 0.717) is 75.3 Å². The SMILES string of the molecule is CCOCn1nnc(-c2ccc(Cl)cc2)c1-c1ccnc(Oc2ccccc2)n1.CCOCn1nnc(-c2ccc(F)cc2)c1-c1cc(Oc2ccccc2)ncn1. The molecule has 4 heterocycles. The van der Waals surface area contributed by atoms with Gasteiger partial charge in [0.05, 0.1) is 11.4 Å². The molecule has 0 fully saturated rings. The van der Waals surface area contributed by atoms with Crippen LogP contribution in [-0.4, -0.2) is 63.1 Å². The van der Waals surface area contributed by atoms with Crippen molar-refractivity contribution in [3.63, 3.8) is 0 Å². The molecule has 14 nitrogen and oxygen atoms in total. The Morgan fingerprint density at radius 1 is 0.603 bits per heavy atom. The van der Waals surface area contributed by atoms with Gasteiger partial charge in [0, 0.05) is 41.6 Å². The minimum absolute atomic E-state index is 0.207. The van der Waals surface area contributed by atoms with Gasteiger partial charge in [0.2, 0.25) is 5.88 Å². The van der Waals surface area contributed by atoms with Crippen molar-refractivity contribution in [2.75, 3.05) is 13.2 Å². The molecule has 0 saturated heterocycles. The largest absolute Gasteiger partial charge is 0.439 e. The molecule has 4 aromatic heterocycles. The molecule has 4 aromatic carbocycles. The highest BCUT2D eigenvalue weighted by Gasteiger charge is 2.21. The van der Waals surface area contributed by atoms with Crippen molar-refractivity contribution in [3.8, 4) is 68.7 Å². The summed E-state index contributed by atoms with van der Waals surface area (Å²) in [4.78, 5) is 17.3. The van der Waals surface area contributed by atoms with Crippen molar-refractivity contribution in [3.05, 3.63) is 145 Å².